The van der Waals surface area contributed by atoms with E-state index in [-0.39, 0.29) is 24.6 Å². The topological polar surface area (TPSA) is 76.1 Å². The molecule has 3 aromatic carbocycles. The molecular weight excluding hydrogens is 475 g/mol. The third kappa shape index (κ3) is 7.49. The summed E-state index contributed by atoms with van der Waals surface area (Å²) in [5.41, 5.74) is 0.907. The zero-order valence-corrected chi connectivity index (χ0v) is 19.6. The average Bonchev–Trinajstić information content (AvgIpc) is 2.86. The summed E-state index contributed by atoms with van der Waals surface area (Å²) in [5, 5.41) is 9.20. The number of likely N-dealkylation sites (N-methyl/N-ethyl adjacent to an activating group) is 1. The lowest BCUT2D eigenvalue weighted by Gasteiger charge is -2.21. The van der Waals surface area contributed by atoms with E-state index in [2.05, 4.69) is 0 Å². The first-order chi connectivity index (χ1) is 17.2. The lowest BCUT2D eigenvalue weighted by atomic mass is 10.1. The van der Waals surface area contributed by atoms with Gasteiger partial charge >= 0.3 is 12.1 Å². The minimum Gasteiger partial charge on any atom is -0.492 e. The summed E-state index contributed by atoms with van der Waals surface area (Å²) in [5.74, 6) is -0.537. The highest BCUT2D eigenvalue weighted by Crippen LogP contribution is 2.29. The van der Waals surface area contributed by atoms with Gasteiger partial charge in [0.15, 0.2) is 6.61 Å². The van der Waals surface area contributed by atoms with Crippen molar-refractivity contribution in [1.82, 2.24) is 4.90 Å². The van der Waals surface area contributed by atoms with Gasteiger partial charge in [0, 0.05) is 19.5 Å². The minimum atomic E-state index is -4.40. The number of carbonyl (C=O) groups is 2. The van der Waals surface area contributed by atoms with Crippen molar-refractivity contribution >= 4 is 11.9 Å². The summed E-state index contributed by atoms with van der Waals surface area (Å²) in [6.45, 7) is 2.43. The number of carboxylic acid groups (broad SMARTS) is 1. The molecule has 1 N–H and O–H groups in total. The van der Waals surface area contributed by atoms with Crippen LogP contribution < -0.4 is 9.47 Å². The number of ether oxygens (including phenoxy) is 2. The third-order valence-electron chi connectivity index (χ3n) is 5.44. The van der Waals surface area contributed by atoms with Crippen molar-refractivity contribution < 1.29 is 37.3 Å². The van der Waals surface area contributed by atoms with Crippen molar-refractivity contribution in [2.24, 2.45) is 0 Å². The number of aromatic carboxylic acids is 1. The summed E-state index contributed by atoms with van der Waals surface area (Å²) >= 11 is 0. The van der Waals surface area contributed by atoms with Crippen LogP contribution in [0.5, 0.6) is 11.5 Å². The van der Waals surface area contributed by atoms with Crippen molar-refractivity contribution in [3.8, 4) is 11.5 Å². The third-order valence-corrected chi connectivity index (χ3v) is 5.44. The van der Waals surface area contributed by atoms with E-state index in [1.54, 1.807) is 37.3 Å². The molecular formula is C27H26F3NO5. The number of hydrogen-bond donors (Lipinski definition) is 1. The van der Waals surface area contributed by atoms with Gasteiger partial charge in [-0.05, 0) is 54.4 Å². The van der Waals surface area contributed by atoms with Crippen molar-refractivity contribution in [2.75, 3.05) is 19.8 Å². The second-order valence-corrected chi connectivity index (χ2v) is 7.93. The molecule has 1 amide bonds. The van der Waals surface area contributed by atoms with Gasteiger partial charge in [0.1, 0.15) is 17.1 Å². The normalized spacial score (nSPS) is 11.1. The number of carbonyl (C=O) groups excluding carboxylic acids is 1. The average molecular weight is 502 g/mol. The maximum absolute atomic E-state index is 12.7. The van der Waals surface area contributed by atoms with Crippen LogP contribution in [0.15, 0.2) is 72.8 Å². The summed E-state index contributed by atoms with van der Waals surface area (Å²) in [6, 6.07) is 18.3. The van der Waals surface area contributed by atoms with Gasteiger partial charge in [-0.3, -0.25) is 4.79 Å². The Kier molecular flexibility index (Phi) is 8.94. The van der Waals surface area contributed by atoms with E-state index < -0.39 is 17.7 Å². The Balaban J connectivity index is 1.47. The minimum absolute atomic E-state index is 0.102. The van der Waals surface area contributed by atoms with E-state index in [0.717, 1.165) is 17.7 Å². The van der Waals surface area contributed by atoms with Gasteiger partial charge in [-0.2, -0.15) is 13.2 Å². The summed E-state index contributed by atoms with van der Waals surface area (Å²) in [4.78, 5) is 25.3. The Morgan fingerprint density at radius 2 is 1.53 bits per heavy atom. The first-order valence-electron chi connectivity index (χ1n) is 11.3. The van der Waals surface area contributed by atoms with Gasteiger partial charge in [-0.25, -0.2) is 4.79 Å². The summed E-state index contributed by atoms with van der Waals surface area (Å²) in [6.07, 6.45) is -3.86. The number of carboxylic acids is 1. The predicted molar refractivity (Wildman–Crippen MR) is 127 cm³/mol. The lowest BCUT2D eigenvalue weighted by Crippen LogP contribution is -2.34. The van der Waals surface area contributed by atoms with E-state index in [9.17, 15) is 27.9 Å². The molecule has 0 saturated carbocycles. The fourth-order valence-electron chi connectivity index (χ4n) is 3.43. The molecule has 0 aliphatic heterocycles. The van der Waals surface area contributed by atoms with Crippen molar-refractivity contribution in [2.45, 2.75) is 26.1 Å². The van der Waals surface area contributed by atoms with Crippen LogP contribution in [0.1, 0.15) is 34.0 Å². The van der Waals surface area contributed by atoms with Crippen LogP contribution in [0, 0.1) is 0 Å². The van der Waals surface area contributed by atoms with Gasteiger partial charge in [0.05, 0.1) is 12.2 Å². The molecule has 0 aliphatic carbocycles. The molecule has 0 saturated heterocycles. The maximum Gasteiger partial charge on any atom is 0.416 e. The fourth-order valence-corrected chi connectivity index (χ4v) is 3.43. The number of para-hydroxylation sites is 1. The molecule has 36 heavy (non-hydrogen) atoms. The van der Waals surface area contributed by atoms with E-state index in [1.807, 2.05) is 12.1 Å². The molecule has 0 unspecified atom stereocenters. The molecule has 6 nitrogen and oxygen atoms in total. The molecule has 0 bridgehead atoms. The number of halogens is 3. The highest BCUT2D eigenvalue weighted by Gasteiger charge is 2.30. The van der Waals surface area contributed by atoms with Crippen molar-refractivity contribution in [3.63, 3.8) is 0 Å². The lowest BCUT2D eigenvalue weighted by molar-refractivity contribution is -0.137. The molecule has 3 aromatic rings. The van der Waals surface area contributed by atoms with E-state index in [4.69, 9.17) is 9.47 Å². The fraction of sp³-hybridized carbons (Fsp3) is 0.259. The molecule has 0 fully saturated rings. The van der Waals surface area contributed by atoms with Crippen molar-refractivity contribution in [3.05, 3.63) is 95.1 Å². The summed E-state index contributed by atoms with van der Waals surface area (Å²) in [7, 11) is 0. The largest absolute Gasteiger partial charge is 0.492 e. The number of hydrogen-bond acceptors (Lipinski definition) is 4. The standard InChI is InChI=1S/C27H26F3NO5/c1-2-31(17-20-7-11-21(12-8-20)27(28,29)30)25(32)18-36-22-13-9-19(10-14-22)15-16-35-24-6-4-3-5-23(24)26(33)34/h3-14H,2,15-18H2,1H3,(H,33,34). The molecule has 0 aromatic heterocycles. The van der Waals surface area contributed by atoms with Gasteiger partial charge < -0.3 is 19.5 Å². The van der Waals surface area contributed by atoms with Gasteiger partial charge in [0.25, 0.3) is 5.91 Å². The number of amides is 1. The van der Waals surface area contributed by atoms with Crippen LogP contribution >= 0.6 is 0 Å². The SMILES string of the molecule is CCN(Cc1ccc(C(F)(F)F)cc1)C(=O)COc1ccc(CCOc2ccccc2C(=O)O)cc1. The van der Waals surface area contributed by atoms with Crippen molar-refractivity contribution in [1.29, 1.82) is 0 Å². The van der Waals surface area contributed by atoms with Gasteiger partial charge in [-0.15, -0.1) is 0 Å². The Morgan fingerprint density at radius 3 is 2.14 bits per heavy atom. The van der Waals surface area contributed by atoms with Gasteiger partial charge in [0.2, 0.25) is 0 Å². The Bertz CT molecular complexity index is 1160. The van der Waals surface area contributed by atoms with Crippen LogP contribution in [0.3, 0.4) is 0 Å². The molecule has 190 valence electrons. The molecule has 0 heterocycles. The maximum atomic E-state index is 12.7. The number of alkyl halides is 3. The number of nitrogens with zero attached hydrogens (tertiary/aromatic N) is 1. The highest BCUT2D eigenvalue weighted by molar-refractivity contribution is 5.90. The molecule has 0 atom stereocenters. The number of benzene rings is 3. The Hall–Kier alpha value is -4.01. The van der Waals surface area contributed by atoms with Crippen LogP contribution in [0.4, 0.5) is 13.2 Å². The molecule has 0 aliphatic rings. The second-order valence-electron chi connectivity index (χ2n) is 7.93. The highest BCUT2D eigenvalue weighted by atomic mass is 19.4. The Labute approximate surface area is 206 Å². The predicted octanol–water partition coefficient (Wildman–Crippen LogP) is 5.45. The zero-order valence-electron chi connectivity index (χ0n) is 19.6. The first-order valence-corrected chi connectivity index (χ1v) is 11.3. The van der Waals surface area contributed by atoms with E-state index >= 15 is 0 Å². The molecule has 0 spiro atoms. The van der Waals surface area contributed by atoms with Gasteiger partial charge in [-0.1, -0.05) is 36.4 Å². The quantitative estimate of drug-likeness (QED) is 0.378. The van der Waals surface area contributed by atoms with Crippen LogP contribution in [-0.2, 0) is 23.9 Å². The molecule has 0 radical (unpaired) electrons. The van der Waals surface area contributed by atoms with E-state index in [1.165, 1.54) is 23.1 Å². The molecule has 3 rings (SSSR count). The van der Waals surface area contributed by atoms with E-state index in [0.29, 0.717) is 36.6 Å². The monoisotopic (exact) mass is 501 g/mol. The van der Waals surface area contributed by atoms with Crippen LogP contribution in [0.25, 0.3) is 0 Å². The summed E-state index contributed by atoms with van der Waals surface area (Å²) < 4.78 is 49.4. The zero-order chi connectivity index (χ0) is 26.1. The van der Waals surface area contributed by atoms with Crippen LogP contribution in [0.2, 0.25) is 0 Å². The second kappa shape index (κ2) is 12.1. The van der Waals surface area contributed by atoms with Crippen LogP contribution in [-0.4, -0.2) is 41.6 Å². The smallest absolute Gasteiger partial charge is 0.416 e. The first kappa shape index (κ1) is 26.6. The molecule has 9 heteroatoms. The Morgan fingerprint density at radius 1 is 0.889 bits per heavy atom. The number of rotatable bonds is 11.